The zero-order valence-electron chi connectivity index (χ0n) is 12.8. The molecule has 1 amide bonds. The minimum atomic E-state index is -0.197. The maximum Gasteiger partial charge on any atom is 0.273 e. The molecule has 2 aromatic rings. The number of halogens is 2. The van der Waals surface area contributed by atoms with Crippen molar-refractivity contribution in [3.8, 4) is 0 Å². The van der Waals surface area contributed by atoms with E-state index in [-0.39, 0.29) is 17.9 Å². The van der Waals surface area contributed by atoms with Gasteiger partial charge in [0.2, 0.25) is 0 Å². The number of aromatic amines is 1. The van der Waals surface area contributed by atoms with Crippen LogP contribution in [0.4, 0.5) is 0 Å². The van der Waals surface area contributed by atoms with Crippen molar-refractivity contribution in [3.05, 3.63) is 50.7 Å². The Hall–Kier alpha value is -1.33. The lowest BCUT2D eigenvalue weighted by Gasteiger charge is -2.17. The van der Waals surface area contributed by atoms with Crippen LogP contribution in [-0.2, 0) is 0 Å². The summed E-state index contributed by atoms with van der Waals surface area (Å²) in [5, 5.41) is 10.7. The zero-order valence-corrected chi connectivity index (χ0v) is 15.1. The summed E-state index contributed by atoms with van der Waals surface area (Å²) < 4.78 is 0.728. The molecule has 1 heterocycles. The molecule has 0 aliphatic rings. The lowest BCUT2D eigenvalue weighted by Crippen LogP contribution is -2.28. The topological polar surface area (TPSA) is 57.8 Å². The molecule has 0 bridgehead atoms. The Labute approximate surface area is 143 Å². The normalized spacial score (nSPS) is 12.5. The van der Waals surface area contributed by atoms with Gasteiger partial charge < -0.3 is 5.32 Å². The summed E-state index contributed by atoms with van der Waals surface area (Å²) >= 11 is 9.36. The van der Waals surface area contributed by atoms with E-state index < -0.39 is 0 Å². The van der Waals surface area contributed by atoms with E-state index in [1.165, 1.54) is 0 Å². The average molecular weight is 385 g/mol. The Morgan fingerprint density at radius 2 is 2.00 bits per heavy atom. The van der Waals surface area contributed by atoms with Crippen molar-refractivity contribution in [1.29, 1.82) is 0 Å². The van der Waals surface area contributed by atoms with E-state index >= 15 is 0 Å². The second-order valence-corrected chi connectivity index (χ2v) is 6.67. The van der Waals surface area contributed by atoms with Crippen LogP contribution in [0, 0.1) is 0 Å². The minimum absolute atomic E-state index is 0.0733. The molecule has 6 heteroatoms. The van der Waals surface area contributed by atoms with Gasteiger partial charge in [-0.3, -0.25) is 9.89 Å². The van der Waals surface area contributed by atoms with Gasteiger partial charge in [-0.25, -0.2) is 0 Å². The molecule has 118 valence electrons. The van der Waals surface area contributed by atoms with Crippen LogP contribution in [0.2, 0.25) is 5.02 Å². The second-order valence-electron chi connectivity index (χ2n) is 5.44. The van der Waals surface area contributed by atoms with Crippen LogP contribution in [0.3, 0.4) is 0 Å². The van der Waals surface area contributed by atoms with Crippen molar-refractivity contribution in [2.75, 3.05) is 0 Å². The van der Waals surface area contributed by atoms with Crippen LogP contribution in [0.25, 0.3) is 0 Å². The van der Waals surface area contributed by atoms with Gasteiger partial charge in [0.15, 0.2) is 5.69 Å². The molecule has 0 spiro atoms. The van der Waals surface area contributed by atoms with Gasteiger partial charge in [-0.2, -0.15) is 5.10 Å². The van der Waals surface area contributed by atoms with E-state index in [4.69, 9.17) is 11.6 Å². The molecule has 2 rings (SSSR count). The number of aromatic nitrogens is 2. The molecule has 1 atom stereocenters. The van der Waals surface area contributed by atoms with Gasteiger partial charge in [0.1, 0.15) is 0 Å². The van der Waals surface area contributed by atoms with Crippen LogP contribution in [0.15, 0.2) is 28.7 Å². The van der Waals surface area contributed by atoms with Crippen LogP contribution in [-0.4, -0.2) is 16.1 Å². The number of nitrogens with one attached hydrogen (secondary N) is 2. The fraction of sp³-hybridized carbons (Fsp3) is 0.375. The first kappa shape index (κ1) is 17.0. The molecule has 0 saturated heterocycles. The standard InChI is InChI=1S/C16H19BrClN3O/c1-4-12(10-5-7-11(18)8-6-10)19-16(22)15-13(17)14(9(2)3)20-21-15/h5-9,12H,4H2,1-3H3,(H,19,22)(H,20,21). The van der Waals surface area contributed by atoms with E-state index in [0.29, 0.717) is 10.7 Å². The maximum atomic E-state index is 12.5. The van der Waals surface area contributed by atoms with Gasteiger partial charge in [-0.1, -0.05) is 44.5 Å². The van der Waals surface area contributed by atoms with Crippen molar-refractivity contribution in [3.63, 3.8) is 0 Å². The summed E-state index contributed by atoms with van der Waals surface area (Å²) in [7, 11) is 0. The number of H-pyrrole nitrogens is 1. The Kier molecular flexibility index (Phi) is 5.64. The highest BCUT2D eigenvalue weighted by atomic mass is 79.9. The van der Waals surface area contributed by atoms with Crippen molar-refractivity contribution < 1.29 is 4.79 Å². The van der Waals surface area contributed by atoms with Gasteiger partial charge in [-0.15, -0.1) is 0 Å². The number of benzene rings is 1. The van der Waals surface area contributed by atoms with Crippen molar-refractivity contribution in [2.45, 2.75) is 39.2 Å². The number of carbonyl (C=O) groups excluding carboxylic acids is 1. The molecular weight excluding hydrogens is 366 g/mol. The van der Waals surface area contributed by atoms with E-state index in [1.54, 1.807) is 0 Å². The Morgan fingerprint density at radius 3 is 2.50 bits per heavy atom. The monoisotopic (exact) mass is 383 g/mol. The quantitative estimate of drug-likeness (QED) is 0.775. The molecule has 0 fully saturated rings. The number of hydrogen-bond donors (Lipinski definition) is 2. The highest BCUT2D eigenvalue weighted by Gasteiger charge is 2.21. The van der Waals surface area contributed by atoms with Gasteiger partial charge in [0.05, 0.1) is 16.2 Å². The Morgan fingerprint density at radius 1 is 1.36 bits per heavy atom. The molecule has 1 aromatic carbocycles. The van der Waals surface area contributed by atoms with Gasteiger partial charge in [0.25, 0.3) is 5.91 Å². The summed E-state index contributed by atoms with van der Waals surface area (Å²) in [6.07, 6.45) is 0.784. The first-order chi connectivity index (χ1) is 10.4. The molecule has 4 nitrogen and oxygen atoms in total. The smallest absolute Gasteiger partial charge is 0.273 e. The zero-order chi connectivity index (χ0) is 16.3. The third-order valence-electron chi connectivity index (χ3n) is 3.51. The molecular formula is C16H19BrClN3O. The third-order valence-corrected chi connectivity index (χ3v) is 4.57. The van der Waals surface area contributed by atoms with Crippen LogP contribution < -0.4 is 5.32 Å². The fourth-order valence-corrected chi connectivity index (χ4v) is 3.16. The highest BCUT2D eigenvalue weighted by Crippen LogP contribution is 2.26. The molecule has 2 N–H and O–H groups in total. The minimum Gasteiger partial charge on any atom is -0.344 e. The molecule has 22 heavy (non-hydrogen) atoms. The number of nitrogens with zero attached hydrogens (tertiary/aromatic N) is 1. The van der Waals surface area contributed by atoms with Crippen LogP contribution >= 0.6 is 27.5 Å². The van der Waals surface area contributed by atoms with Crippen molar-refractivity contribution in [2.24, 2.45) is 0 Å². The average Bonchev–Trinajstić information content (AvgIpc) is 2.87. The Balaban J connectivity index is 2.17. The lowest BCUT2D eigenvalue weighted by atomic mass is 10.0. The number of carbonyl (C=O) groups is 1. The second kappa shape index (κ2) is 7.29. The predicted molar refractivity (Wildman–Crippen MR) is 92.3 cm³/mol. The molecule has 1 aromatic heterocycles. The molecule has 0 aliphatic carbocycles. The van der Waals surface area contributed by atoms with Crippen LogP contribution in [0.5, 0.6) is 0 Å². The first-order valence-corrected chi connectivity index (χ1v) is 8.41. The number of hydrogen-bond acceptors (Lipinski definition) is 2. The lowest BCUT2D eigenvalue weighted by molar-refractivity contribution is 0.0929. The van der Waals surface area contributed by atoms with Gasteiger partial charge in [0, 0.05) is 5.02 Å². The van der Waals surface area contributed by atoms with E-state index in [0.717, 1.165) is 22.2 Å². The summed E-state index contributed by atoms with van der Waals surface area (Å²) in [6, 6.07) is 7.43. The van der Waals surface area contributed by atoms with E-state index in [2.05, 4.69) is 31.4 Å². The van der Waals surface area contributed by atoms with Gasteiger partial charge >= 0.3 is 0 Å². The molecule has 0 aliphatic heterocycles. The number of rotatable bonds is 5. The third kappa shape index (κ3) is 3.70. The number of amides is 1. The maximum absolute atomic E-state index is 12.5. The molecule has 0 saturated carbocycles. The predicted octanol–water partition coefficient (Wildman–Crippen LogP) is 4.83. The summed E-state index contributed by atoms with van der Waals surface area (Å²) in [5.41, 5.74) is 2.33. The van der Waals surface area contributed by atoms with E-state index in [1.807, 2.05) is 45.0 Å². The fourth-order valence-electron chi connectivity index (χ4n) is 2.22. The van der Waals surface area contributed by atoms with E-state index in [9.17, 15) is 4.79 Å². The SMILES string of the molecule is CCC(NC(=O)c1n[nH]c(C(C)C)c1Br)c1ccc(Cl)cc1. The summed E-state index contributed by atoms with van der Waals surface area (Å²) in [4.78, 5) is 12.5. The van der Waals surface area contributed by atoms with Crippen molar-refractivity contribution in [1.82, 2.24) is 15.5 Å². The van der Waals surface area contributed by atoms with Crippen LogP contribution in [0.1, 0.15) is 60.9 Å². The first-order valence-electron chi connectivity index (χ1n) is 7.24. The molecule has 0 radical (unpaired) electrons. The Bertz CT molecular complexity index is 652. The largest absolute Gasteiger partial charge is 0.344 e. The summed E-state index contributed by atoms with van der Waals surface area (Å²) in [5.74, 6) is 0.0680. The van der Waals surface area contributed by atoms with Crippen molar-refractivity contribution >= 4 is 33.4 Å². The highest BCUT2D eigenvalue weighted by molar-refractivity contribution is 9.10. The van der Waals surface area contributed by atoms with Gasteiger partial charge in [-0.05, 0) is 46.0 Å². The summed E-state index contributed by atoms with van der Waals surface area (Å²) in [6.45, 7) is 6.11. The molecule has 1 unspecified atom stereocenters.